The Kier molecular flexibility index (Phi) is 10.2. The summed E-state index contributed by atoms with van der Waals surface area (Å²) in [6.45, 7) is 9.82. The van der Waals surface area contributed by atoms with Crippen molar-refractivity contribution in [2.75, 3.05) is 24.5 Å². The van der Waals surface area contributed by atoms with Crippen molar-refractivity contribution < 1.29 is 24.3 Å². The van der Waals surface area contributed by atoms with Gasteiger partial charge in [-0.15, -0.1) is 21.5 Å². The average Bonchev–Trinajstić information content (AvgIpc) is 4.09. The number of aryl methyl sites for hydroxylation is 1. The van der Waals surface area contributed by atoms with E-state index in [1.807, 2.05) is 51.4 Å². The van der Waals surface area contributed by atoms with Crippen LogP contribution in [0.2, 0.25) is 0 Å². The van der Waals surface area contributed by atoms with Crippen molar-refractivity contribution in [1.82, 2.24) is 39.8 Å². The number of aromatic hydroxyl groups is 1. The summed E-state index contributed by atoms with van der Waals surface area (Å²) in [5.41, 5.74) is 11.4. The van der Waals surface area contributed by atoms with E-state index in [1.165, 1.54) is 25.0 Å². The summed E-state index contributed by atoms with van der Waals surface area (Å²) < 4.78 is 8.48. The molecule has 4 atom stereocenters. The summed E-state index contributed by atoms with van der Waals surface area (Å²) >= 11 is 1.61. The number of aliphatic hydroxyl groups is 1. The second-order valence-corrected chi connectivity index (χ2v) is 21.9. The van der Waals surface area contributed by atoms with Crippen LogP contribution in [0.15, 0.2) is 89.2 Å². The van der Waals surface area contributed by atoms with Crippen molar-refractivity contribution >= 4 is 40.0 Å². The number of β-amino-alcohol motifs (C(OH)–C–C–N with tert-alkyl or cyclic N) is 1. The lowest BCUT2D eigenvalue weighted by Crippen LogP contribution is -2.63. The Balaban J connectivity index is 0.689. The number of rotatable bonds is 13. The van der Waals surface area contributed by atoms with Crippen LogP contribution >= 0.6 is 11.3 Å². The van der Waals surface area contributed by atoms with E-state index in [4.69, 9.17) is 14.5 Å². The number of nitrogens with zero attached hydrogens (tertiary/aromatic N) is 9. The van der Waals surface area contributed by atoms with Crippen LogP contribution in [0.3, 0.4) is 0 Å². The normalized spacial score (nSPS) is 23.6. The van der Waals surface area contributed by atoms with Crippen molar-refractivity contribution in [3.63, 3.8) is 0 Å². The molecule has 1 amide bonds. The molecular weight excluding hydrogens is 875 g/mol. The van der Waals surface area contributed by atoms with Gasteiger partial charge in [-0.25, -0.2) is 15.0 Å². The maximum atomic E-state index is 14.4. The lowest BCUT2D eigenvalue weighted by atomic mass is 9.49. The Hall–Kier alpha value is -6.32. The van der Waals surface area contributed by atoms with Crippen molar-refractivity contribution in [1.29, 1.82) is 0 Å². The van der Waals surface area contributed by atoms with E-state index in [1.54, 1.807) is 40.8 Å². The second-order valence-electron chi connectivity index (χ2n) is 21.1. The third-order valence-electron chi connectivity index (χ3n) is 16.0. The Morgan fingerprint density at radius 1 is 0.897 bits per heavy atom. The quantitative estimate of drug-likeness (QED) is 0.112. The summed E-state index contributed by atoms with van der Waals surface area (Å²) in [4.78, 5) is 47.1. The Bertz CT molecular complexity index is 3060. The van der Waals surface area contributed by atoms with Crippen molar-refractivity contribution in [2.45, 2.75) is 108 Å². The molecule has 7 heterocycles. The first-order chi connectivity index (χ1) is 32.8. The summed E-state index contributed by atoms with van der Waals surface area (Å²) in [6, 6.07) is 21.0. The lowest BCUT2D eigenvalue weighted by molar-refractivity contribution is -0.140. The highest BCUT2D eigenvalue weighted by Crippen LogP contribution is 2.65. The number of benzene rings is 2. The number of hydrogen-bond acceptors (Lipinski definition) is 13. The van der Waals surface area contributed by atoms with Gasteiger partial charge in [-0.2, -0.15) is 0 Å². The summed E-state index contributed by atoms with van der Waals surface area (Å²) in [7, 11) is 0. The predicted octanol–water partition coefficient (Wildman–Crippen LogP) is 9.04. The number of anilines is 1. The van der Waals surface area contributed by atoms with E-state index in [0.29, 0.717) is 40.1 Å². The zero-order valence-electron chi connectivity index (χ0n) is 38.7. The van der Waals surface area contributed by atoms with Crippen molar-refractivity contribution in [2.24, 2.45) is 17.3 Å². The molecule has 0 radical (unpaired) electrons. The van der Waals surface area contributed by atoms with Crippen LogP contribution < -0.4 is 4.90 Å². The molecular formula is C53H55N9O5S. The fourth-order valence-electron chi connectivity index (χ4n) is 12.3. The van der Waals surface area contributed by atoms with Crippen LogP contribution in [-0.4, -0.2) is 93.5 Å². The second kappa shape index (κ2) is 16.2. The van der Waals surface area contributed by atoms with Crippen LogP contribution in [0.4, 0.5) is 5.95 Å². The zero-order valence-corrected chi connectivity index (χ0v) is 39.6. The monoisotopic (exact) mass is 929 g/mol. The number of hydrogen-bond donors (Lipinski definition) is 2. The van der Waals surface area contributed by atoms with Crippen molar-refractivity contribution in [3.05, 3.63) is 107 Å². The number of aromatic nitrogens is 7. The first-order valence-electron chi connectivity index (χ1n) is 24.1. The summed E-state index contributed by atoms with van der Waals surface area (Å²) in [6.07, 6.45) is 9.07. The Morgan fingerprint density at radius 2 is 1.65 bits per heavy atom. The number of ketones is 1. The van der Waals surface area contributed by atoms with Gasteiger partial charge in [0.15, 0.2) is 5.78 Å². The van der Waals surface area contributed by atoms with Gasteiger partial charge in [0.05, 0.1) is 39.4 Å². The van der Waals surface area contributed by atoms with E-state index in [2.05, 4.69) is 66.2 Å². The number of likely N-dealkylation sites (tertiary alicyclic amines) is 1. The van der Waals surface area contributed by atoms with Gasteiger partial charge in [0.1, 0.15) is 28.6 Å². The number of aliphatic hydroxyl groups excluding tert-OH is 1. The molecule has 68 heavy (non-hydrogen) atoms. The molecule has 13 rings (SSSR count). The van der Waals surface area contributed by atoms with Crippen LogP contribution in [0.25, 0.3) is 44.0 Å². The maximum absolute atomic E-state index is 14.4. The molecule has 2 aliphatic heterocycles. The van der Waals surface area contributed by atoms with Gasteiger partial charge < -0.3 is 29.1 Å². The molecule has 14 nitrogen and oxygen atoms in total. The van der Waals surface area contributed by atoms with Gasteiger partial charge in [-0.05, 0) is 92.2 Å². The van der Waals surface area contributed by atoms with Crippen LogP contribution in [-0.2, 0) is 15.1 Å². The van der Waals surface area contributed by atoms with E-state index in [0.717, 1.165) is 64.6 Å². The number of carbonyl (C=O) groups excluding carboxylic acids is 2. The molecule has 2 N–H and O–H groups in total. The summed E-state index contributed by atoms with van der Waals surface area (Å²) in [5.74, 6) is 1.33. The first kappa shape index (κ1) is 43.0. The van der Waals surface area contributed by atoms with E-state index in [-0.39, 0.29) is 59.6 Å². The number of amides is 1. The molecule has 7 aromatic rings. The minimum absolute atomic E-state index is 0.0620. The topological polar surface area (TPSA) is 176 Å². The van der Waals surface area contributed by atoms with Gasteiger partial charge in [0.2, 0.25) is 11.9 Å². The molecule has 15 heteroatoms. The smallest absolute Gasteiger partial charge is 0.234 e. The third kappa shape index (κ3) is 7.14. The molecule has 5 aromatic heterocycles. The minimum Gasteiger partial charge on any atom is -0.507 e. The number of fused-ring (bicyclic) bond motifs is 1. The number of phenolic OH excluding ortho intramolecular Hbond substituents is 1. The fourth-order valence-corrected chi connectivity index (χ4v) is 13.1. The molecule has 348 valence electrons. The van der Waals surface area contributed by atoms with Gasteiger partial charge in [-0.3, -0.25) is 9.59 Å². The number of phenols is 1. The van der Waals surface area contributed by atoms with Crippen LogP contribution in [0.1, 0.15) is 106 Å². The fraction of sp³-hybridized carbons (Fsp3) is 0.434. The highest BCUT2D eigenvalue weighted by atomic mass is 32.1. The maximum Gasteiger partial charge on any atom is 0.234 e. The molecule has 2 aromatic carbocycles. The van der Waals surface area contributed by atoms with E-state index < -0.39 is 18.1 Å². The number of carbonyl (C=O) groups is 2. The predicted molar refractivity (Wildman–Crippen MR) is 258 cm³/mol. The van der Waals surface area contributed by atoms with E-state index in [9.17, 15) is 19.8 Å². The highest BCUT2D eigenvalue weighted by molar-refractivity contribution is 7.13. The molecule has 4 aliphatic carbocycles. The standard InChI is InChI=1S/C53H55N9O5S/c1-29(2)48(50(66)61-25-37(63)14-44(61)46(65)13-30(3)33-9-11-34(12-10-33)49-31(4)56-28-68-49)47-17-39(59-67-47)36-23-54-51(55-24-36)60-26-52(27-60)21-35(22-52)42-16-41-43(62(42)53-18-32(19-53)20-53)15-40(57-58-41)38-7-5-6-8-45(38)64/h5-12,15-17,23-24,28-30,32,35,37,44,48,63-64H,13-14,18-22,25-27H2,1-4H3/t30-,32?,37-,44+,48-,53?/m1/s1. The number of Topliss-reactive ketones (excluding diaryl/α,β-unsaturated/α-hetero) is 1. The third-order valence-corrected chi connectivity index (χ3v) is 17.0. The number of para-hydroxylation sites is 1. The molecule has 1 spiro atoms. The van der Waals surface area contributed by atoms with Gasteiger partial charge in [0.25, 0.3) is 0 Å². The SMILES string of the molecule is Cc1ncsc1-c1ccc([C@H](C)CC(=O)[C@@H]2C[C@@H](O)CN2C(=O)[C@@H](c2cc(-c3cnc(N4CC5(CC(c6cc7nnc(-c8ccccc8O)cc7n6C67CC(C6)C7)C5)C4)nc3)no2)C(C)C)cc1. The minimum atomic E-state index is -0.789. The van der Waals surface area contributed by atoms with Crippen molar-refractivity contribution in [3.8, 4) is 38.7 Å². The molecule has 2 saturated heterocycles. The molecule has 0 unspecified atom stereocenters. The van der Waals surface area contributed by atoms with Gasteiger partial charge in [-0.1, -0.05) is 62.3 Å². The average molecular weight is 930 g/mol. The largest absolute Gasteiger partial charge is 0.507 e. The molecule has 2 bridgehead atoms. The first-order valence-corrected chi connectivity index (χ1v) is 25.0. The lowest BCUT2D eigenvalue weighted by Gasteiger charge is -2.64. The molecule has 4 saturated carbocycles. The van der Waals surface area contributed by atoms with Crippen LogP contribution in [0.5, 0.6) is 5.75 Å². The summed E-state index contributed by atoms with van der Waals surface area (Å²) in [5, 5.41) is 35.0. The Labute approximate surface area is 398 Å². The molecule has 6 aliphatic rings. The van der Waals surface area contributed by atoms with Crippen LogP contribution in [0, 0.1) is 24.2 Å². The van der Waals surface area contributed by atoms with E-state index >= 15 is 0 Å². The number of thiazole rings is 1. The zero-order chi connectivity index (χ0) is 46.6. The van der Waals surface area contributed by atoms with Gasteiger partial charge >= 0.3 is 0 Å². The molecule has 6 fully saturated rings. The van der Waals surface area contributed by atoms with Gasteiger partial charge in [0, 0.05) is 84.6 Å². The Morgan fingerprint density at radius 3 is 2.32 bits per heavy atom. The highest BCUT2D eigenvalue weighted by Gasteiger charge is 2.61.